The maximum absolute atomic E-state index is 10.8. The predicted octanol–water partition coefficient (Wildman–Crippen LogP) is 2.37. The zero-order chi connectivity index (χ0) is 13.9. The first-order valence-electron chi connectivity index (χ1n) is 6.47. The van der Waals surface area contributed by atoms with Crippen LogP contribution in [0.15, 0.2) is 40.8 Å². The number of hydrogen-bond donors (Lipinski definition) is 1. The Hall–Kier alpha value is -2.27. The van der Waals surface area contributed by atoms with Crippen LogP contribution in [0, 0.1) is 0 Å². The number of carboxylic acid groups (broad SMARTS) is 1. The molecule has 5 heteroatoms. The summed E-state index contributed by atoms with van der Waals surface area (Å²) in [6.07, 6.45) is 0. The van der Waals surface area contributed by atoms with Crippen LogP contribution >= 0.6 is 0 Å². The van der Waals surface area contributed by atoms with E-state index in [4.69, 9.17) is 14.3 Å². The van der Waals surface area contributed by atoms with E-state index in [-0.39, 0.29) is 5.76 Å². The zero-order valence-corrected chi connectivity index (χ0v) is 10.9. The molecule has 0 saturated carbocycles. The van der Waals surface area contributed by atoms with Crippen molar-refractivity contribution in [3.8, 4) is 5.75 Å². The fourth-order valence-corrected chi connectivity index (χ4v) is 2.31. The number of benzene rings is 1. The van der Waals surface area contributed by atoms with Gasteiger partial charge in [0.05, 0.1) is 6.54 Å². The minimum atomic E-state index is -1.04. The number of carboxylic acids is 1. The van der Waals surface area contributed by atoms with Crippen molar-refractivity contribution in [1.82, 2.24) is 4.90 Å². The highest BCUT2D eigenvalue weighted by Gasteiger charge is 2.17. The van der Waals surface area contributed by atoms with Gasteiger partial charge in [-0.25, -0.2) is 4.79 Å². The van der Waals surface area contributed by atoms with Crippen LogP contribution in [0.1, 0.15) is 21.9 Å². The summed E-state index contributed by atoms with van der Waals surface area (Å²) < 4.78 is 11.0. The molecule has 2 aromatic rings. The topological polar surface area (TPSA) is 62.9 Å². The Balaban J connectivity index is 1.73. The number of nitrogens with zero attached hydrogens (tertiary/aromatic N) is 1. The summed E-state index contributed by atoms with van der Waals surface area (Å²) in [5.74, 6) is 0.509. The van der Waals surface area contributed by atoms with Crippen molar-refractivity contribution in [3.05, 3.63) is 53.5 Å². The quantitative estimate of drug-likeness (QED) is 0.930. The zero-order valence-electron chi connectivity index (χ0n) is 10.9. The summed E-state index contributed by atoms with van der Waals surface area (Å²) in [7, 11) is 0. The lowest BCUT2D eigenvalue weighted by molar-refractivity contribution is 0.0658. The highest BCUT2D eigenvalue weighted by molar-refractivity contribution is 5.84. The third-order valence-corrected chi connectivity index (χ3v) is 3.28. The van der Waals surface area contributed by atoms with Gasteiger partial charge >= 0.3 is 5.97 Å². The van der Waals surface area contributed by atoms with Gasteiger partial charge in [-0.05, 0) is 18.2 Å². The maximum atomic E-state index is 10.8. The molecule has 0 saturated heterocycles. The molecule has 0 atom stereocenters. The Bertz CT molecular complexity index is 620. The molecule has 5 nitrogen and oxygen atoms in total. The van der Waals surface area contributed by atoms with E-state index >= 15 is 0 Å². The standard InChI is InChI=1S/C15H15NO4/c17-15(18)14-6-5-12(20-14)10-16-7-8-19-13-4-2-1-3-11(13)9-16/h1-6H,7-10H2,(H,17,18). The van der Waals surface area contributed by atoms with Crippen LogP contribution in [0.4, 0.5) is 0 Å². The first-order chi connectivity index (χ1) is 9.72. The van der Waals surface area contributed by atoms with E-state index in [9.17, 15) is 4.79 Å². The van der Waals surface area contributed by atoms with E-state index in [2.05, 4.69) is 4.90 Å². The maximum Gasteiger partial charge on any atom is 0.371 e. The van der Waals surface area contributed by atoms with Crippen molar-refractivity contribution < 1.29 is 19.1 Å². The second-order valence-corrected chi connectivity index (χ2v) is 4.74. The molecule has 1 N–H and O–H groups in total. The van der Waals surface area contributed by atoms with Crippen molar-refractivity contribution in [3.63, 3.8) is 0 Å². The molecule has 0 spiro atoms. The van der Waals surface area contributed by atoms with E-state index in [0.29, 0.717) is 18.9 Å². The van der Waals surface area contributed by atoms with Crippen LogP contribution < -0.4 is 4.74 Å². The van der Waals surface area contributed by atoms with Crippen LogP contribution in [0.2, 0.25) is 0 Å². The average Bonchev–Trinajstić information content (AvgIpc) is 2.80. The van der Waals surface area contributed by atoms with Gasteiger partial charge in [-0.1, -0.05) is 18.2 Å². The number of para-hydroxylation sites is 1. The number of hydrogen-bond acceptors (Lipinski definition) is 4. The van der Waals surface area contributed by atoms with E-state index in [0.717, 1.165) is 24.4 Å². The molecule has 0 radical (unpaired) electrons. The van der Waals surface area contributed by atoms with Gasteiger partial charge in [0.2, 0.25) is 5.76 Å². The third kappa shape index (κ3) is 2.67. The first-order valence-corrected chi connectivity index (χ1v) is 6.47. The fraction of sp³-hybridized carbons (Fsp3) is 0.267. The van der Waals surface area contributed by atoms with Gasteiger partial charge in [0.25, 0.3) is 0 Å². The molecule has 2 heterocycles. The molecule has 1 aromatic heterocycles. The van der Waals surface area contributed by atoms with Gasteiger partial charge in [0, 0.05) is 18.7 Å². The molecule has 0 fully saturated rings. The lowest BCUT2D eigenvalue weighted by atomic mass is 10.2. The molecule has 0 bridgehead atoms. The Morgan fingerprint density at radius 3 is 2.90 bits per heavy atom. The molecule has 1 aromatic carbocycles. The number of ether oxygens (including phenoxy) is 1. The highest BCUT2D eigenvalue weighted by Crippen LogP contribution is 2.23. The minimum absolute atomic E-state index is 0.0218. The molecule has 0 unspecified atom stereocenters. The summed E-state index contributed by atoms with van der Waals surface area (Å²) in [5.41, 5.74) is 1.13. The SMILES string of the molecule is O=C(O)c1ccc(CN2CCOc3ccccc3C2)o1. The van der Waals surface area contributed by atoms with Crippen molar-refractivity contribution in [2.24, 2.45) is 0 Å². The van der Waals surface area contributed by atoms with E-state index < -0.39 is 5.97 Å². The largest absolute Gasteiger partial charge is 0.492 e. The second kappa shape index (κ2) is 5.38. The lowest BCUT2D eigenvalue weighted by Gasteiger charge is -2.17. The van der Waals surface area contributed by atoms with Crippen molar-refractivity contribution in [2.75, 3.05) is 13.2 Å². The van der Waals surface area contributed by atoms with Crippen molar-refractivity contribution in [1.29, 1.82) is 0 Å². The molecular weight excluding hydrogens is 258 g/mol. The molecule has 104 valence electrons. The minimum Gasteiger partial charge on any atom is -0.492 e. The molecule has 3 rings (SSSR count). The van der Waals surface area contributed by atoms with Crippen LogP contribution in [0.5, 0.6) is 5.75 Å². The Morgan fingerprint density at radius 2 is 2.10 bits per heavy atom. The van der Waals surface area contributed by atoms with E-state index in [1.165, 1.54) is 6.07 Å². The number of rotatable bonds is 3. The van der Waals surface area contributed by atoms with E-state index in [1.54, 1.807) is 6.07 Å². The van der Waals surface area contributed by atoms with Crippen LogP contribution in [0.25, 0.3) is 0 Å². The summed E-state index contributed by atoms with van der Waals surface area (Å²) in [4.78, 5) is 13.0. The van der Waals surface area contributed by atoms with Gasteiger partial charge in [0.15, 0.2) is 0 Å². The second-order valence-electron chi connectivity index (χ2n) is 4.74. The third-order valence-electron chi connectivity index (χ3n) is 3.28. The van der Waals surface area contributed by atoms with E-state index in [1.807, 2.05) is 24.3 Å². The fourth-order valence-electron chi connectivity index (χ4n) is 2.31. The van der Waals surface area contributed by atoms with Crippen LogP contribution in [-0.4, -0.2) is 29.1 Å². The highest BCUT2D eigenvalue weighted by atomic mass is 16.5. The molecule has 0 amide bonds. The van der Waals surface area contributed by atoms with Gasteiger partial charge in [0.1, 0.15) is 18.1 Å². The predicted molar refractivity (Wildman–Crippen MR) is 71.7 cm³/mol. The summed E-state index contributed by atoms with van der Waals surface area (Å²) in [6, 6.07) is 11.1. The first kappa shape index (κ1) is 12.7. The normalized spacial score (nSPS) is 15.2. The molecule has 20 heavy (non-hydrogen) atoms. The van der Waals surface area contributed by atoms with Crippen molar-refractivity contribution >= 4 is 5.97 Å². The number of furan rings is 1. The van der Waals surface area contributed by atoms with Gasteiger partial charge in [-0.15, -0.1) is 0 Å². The van der Waals surface area contributed by atoms with Gasteiger partial charge < -0.3 is 14.3 Å². The molecule has 1 aliphatic heterocycles. The Morgan fingerprint density at radius 1 is 1.25 bits per heavy atom. The Labute approximate surface area is 116 Å². The Kier molecular flexibility index (Phi) is 3.43. The smallest absolute Gasteiger partial charge is 0.371 e. The molecule has 1 aliphatic rings. The van der Waals surface area contributed by atoms with Crippen LogP contribution in [0.3, 0.4) is 0 Å². The van der Waals surface area contributed by atoms with Gasteiger partial charge in [-0.2, -0.15) is 0 Å². The molecular formula is C15H15NO4. The monoisotopic (exact) mass is 273 g/mol. The van der Waals surface area contributed by atoms with Crippen LogP contribution in [-0.2, 0) is 13.1 Å². The number of fused-ring (bicyclic) bond motifs is 1. The molecule has 0 aliphatic carbocycles. The summed E-state index contributed by atoms with van der Waals surface area (Å²) in [6.45, 7) is 2.73. The van der Waals surface area contributed by atoms with Crippen molar-refractivity contribution in [2.45, 2.75) is 13.1 Å². The van der Waals surface area contributed by atoms with Gasteiger partial charge in [-0.3, -0.25) is 4.90 Å². The number of carbonyl (C=O) groups is 1. The lowest BCUT2D eigenvalue weighted by Crippen LogP contribution is -2.25. The average molecular weight is 273 g/mol. The summed E-state index contributed by atoms with van der Waals surface area (Å²) >= 11 is 0. The number of aromatic carboxylic acids is 1. The summed E-state index contributed by atoms with van der Waals surface area (Å²) in [5, 5.41) is 8.85.